The van der Waals surface area contributed by atoms with Crippen LogP contribution in [-0.4, -0.2) is 30.8 Å². The maximum atomic E-state index is 6.38. The van der Waals surface area contributed by atoms with E-state index >= 15 is 0 Å². The van der Waals surface area contributed by atoms with Gasteiger partial charge in [-0.15, -0.1) is 11.3 Å². The fraction of sp³-hybridized carbons (Fsp3) is 0.500. The highest BCUT2D eigenvalue weighted by molar-refractivity contribution is 7.17. The van der Waals surface area contributed by atoms with Gasteiger partial charge < -0.3 is 14.8 Å². The Kier molecular flexibility index (Phi) is 6.00. The first-order valence-corrected chi connectivity index (χ1v) is 12.4. The van der Waals surface area contributed by atoms with Crippen LogP contribution < -0.4 is 10.1 Å². The third kappa shape index (κ3) is 4.23. The Balaban J connectivity index is 1.30. The number of hydrogen-bond acceptors (Lipinski definition) is 5. The second-order valence-corrected chi connectivity index (χ2v) is 10.1. The Labute approximate surface area is 189 Å². The number of thiophene rings is 1. The zero-order valence-electron chi connectivity index (χ0n) is 18.4. The van der Waals surface area contributed by atoms with Crippen LogP contribution in [0.15, 0.2) is 48.0 Å². The van der Waals surface area contributed by atoms with Crippen molar-refractivity contribution in [1.82, 2.24) is 10.3 Å². The molecule has 0 radical (unpaired) electrons. The standard InChI is InChI=1S/C26H32N2O2S/c1-29-21-7-8-23-22(16-21)20(18-31-23)17-27-14-11-25(24-6-2-5-13-28-24)12-15-30-26(19-25)9-3-4-10-26/h2,5-8,13,16,18,27H,3-4,9-12,14-15,17,19H2,1H3/t25-/m1/s1. The third-order valence-corrected chi connectivity index (χ3v) is 8.34. The zero-order chi connectivity index (χ0) is 21.2. The van der Waals surface area contributed by atoms with Gasteiger partial charge in [-0.25, -0.2) is 0 Å². The summed E-state index contributed by atoms with van der Waals surface area (Å²) in [6, 6.07) is 12.7. The molecule has 2 fully saturated rings. The van der Waals surface area contributed by atoms with Crippen LogP contribution in [0.2, 0.25) is 0 Å². The van der Waals surface area contributed by atoms with Gasteiger partial charge in [-0.3, -0.25) is 4.98 Å². The zero-order valence-corrected chi connectivity index (χ0v) is 19.2. The number of rotatable bonds is 7. The number of nitrogens with one attached hydrogen (secondary N) is 1. The van der Waals surface area contributed by atoms with Crippen molar-refractivity contribution in [1.29, 1.82) is 0 Å². The van der Waals surface area contributed by atoms with Crippen LogP contribution in [-0.2, 0) is 16.7 Å². The van der Waals surface area contributed by atoms with Crippen molar-refractivity contribution in [2.24, 2.45) is 0 Å². The van der Waals surface area contributed by atoms with E-state index in [4.69, 9.17) is 14.5 Å². The normalized spacial score (nSPS) is 22.9. The molecule has 164 valence electrons. The fourth-order valence-electron chi connectivity index (χ4n) is 5.67. The number of benzene rings is 1. The molecule has 1 atom stereocenters. The van der Waals surface area contributed by atoms with Gasteiger partial charge in [-0.1, -0.05) is 18.9 Å². The fourth-order valence-corrected chi connectivity index (χ4v) is 6.61. The minimum absolute atomic E-state index is 0.0793. The monoisotopic (exact) mass is 436 g/mol. The molecule has 5 rings (SSSR count). The molecule has 2 aromatic heterocycles. The molecule has 1 N–H and O–H groups in total. The molecule has 31 heavy (non-hydrogen) atoms. The highest BCUT2D eigenvalue weighted by Crippen LogP contribution is 2.49. The van der Waals surface area contributed by atoms with E-state index in [1.54, 1.807) is 18.4 Å². The second kappa shape index (κ2) is 8.89. The van der Waals surface area contributed by atoms with E-state index in [0.29, 0.717) is 0 Å². The third-order valence-electron chi connectivity index (χ3n) is 7.33. The van der Waals surface area contributed by atoms with Gasteiger partial charge in [0.1, 0.15) is 5.75 Å². The Morgan fingerprint density at radius 3 is 2.87 bits per heavy atom. The summed E-state index contributed by atoms with van der Waals surface area (Å²) < 4.78 is 13.1. The molecule has 1 spiro atoms. The average molecular weight is 437 g/mol. The van der Waals surface area contributed by atoms with Crippen molar-refractivity contribution >= 4 is 21.4 Å². The van der Waals surface area contributed by atoms with E-state index in [1.165, 1.54) is 47.0 Å². The molecule has 1 aliphatic heterocycles. The lowest BCUT2D eigenvalue weighted by molar-refractivity contribution is -0.104. The summed E-state index contributed by atoms with van der Waals surface area (Å²) in [5, 5.41) is 7.31. The van der Waals surface area contributed by atoms with Crippen molar-refractivity contribution in [2.75, 3.05) is 20.3 Å². The summed E-state index contributed by atoms with van der Waals surface area (Å²) >= 11 is 1.81. The maximum Gasteiger partial charge on any atom is 0.119 e. The summed E-state index contributed by atoms with van der Waals surface area (Å²) in [7, 11) is 1.73. The number of aromatic nitrogens is 1. The topological polar surface area (TPSA) is 43.4 Å². The van der Waals surface area contributed by atoms with Crippen molar-refractivity contribution in [3.05, 3.63) is 59.2 Å². The van der Waals surface area contributed by atoms with Gasteiger partial charge in [-0.2, -0.15) is 0 Å². The van der Waals surface area contributed by atoms with Crippen LogP contribution in [0.25, 0.3) is 10.1 Å². The lowest BCUT2D eigenvalue weighted by atomic mass is 9.68. The van der Waals surface area contributed by atoms with Crippen LogP contribution in [0, 0.1) is 0 Å². The molecule has 2 aliphatic rings. The Hall–Kier alpha value is -1.95. The van der Waals surface area contributed by atoms with E-state index in [9.17, 15) is 0 Å². The first kappa shape index (κ1) is 20.9. The van der Waals surface area contributed by atoms with Crippen molar-refractivity contribution < 1.29 is 9.47 Å². The smallest absolute Gasteiger partial charge is 0.119 e. The van der Waals surface area contributed by atoms with Crippen LogP contribution in [0.1, 0.15) is 56.2 Å². The Bertz CT molecular complexity index is 1010. The molecule has 3 heterocycles. The first-order valence-electron chi connectivity index (χ1n) is 11.5. The average Bonchev–Trinajstić information content (AvgIpc) is 3.44. The first-order chi connectivity index (χ1) is 15.2. The van der Waals surface area contributed by atoms with Crippen molar-refractivity contribution in [3.8, 4) is 5.75 Å². The lowest BCUT2D eigenvalue weighted by Gasteiger charge is -2.46. The predicted octanol–water partition coefficient (Wildman–Crippen LogP) is 5.85. The van der Waals surface area contributed by atoms with Gasteiger partial charge >= 0.3 is 0 Å². The lowest BCUT2D eigenvalue weighted by Crippen LogP contribution is -2.47. The number of pyridine rings is 1. The summed E-state index contributed by atoms with van der Waals surface area (Å²) in [6.45, 7) is 2.71. The van der Waals surface area contributed by atoms with Gasteiger partial charge in [0, 0.05) is 40.5 Å². The molecule has 3 aromatic rings. The van der Waals surface area contributed by atoms with Crippen LogP contribution in [0.4, 0.5) is 0 Å². The molecule has 4 nitrogen and oxygen atoms in total. The molecule has 5 heteroatoms. The molecule has 0 unspecified atom stereocenters. The Morgan fingerprint density at radius 1 is 1.16 bits per heavy atom. The highest BCUT2D eigenvalue weighted by atomic mass is 32.1. The van der Waals surface area contributed by atoms with Crippen molar-refractivity contribution in [3.63, 3.8) is 0 Å². The summed E-state index contributed by atoms with van der Waals surface area (Å²) in [6.07, 6.45) is 10.2. The molecular formula is C26H32N2O2S. The van der Waals surface area contributed by atoms with Crippen LogP contribution in [0.5, 0.6) is 5.75 Å². The molecule has 1 saturated heterocycles. The van der Waals surface area contributed by atoms with Gasteiger partial charge in [-0.05, 0) is 79.9 Å². The second-order valence-electron chi connectivity index (χ2n) is 9.21. The van der Waals surface area contributed by atoms with Crippen LogP contribution in [0.3, 0.4) is 0 Å². The SMILES string of the molecule is COc1ccc2scc(CNCC[C@@]3(c4ccccn4)CCOC4(CCCC4)C3)c2c1. The van der Waals surface area contributed by atoms with Gasteiger partial charge in [0.2, 0.25) is 0 Å². The summed E-state index contributed by atoms with van der Waals surface area (Å²) in [5.41, 5.74) is 2.79. The number of hydrogen-bond donors (Lipinski definition) is 1. The minimum Gasteiger partial charge on any atom is -0.497 e. The molecular weight excluding hydrogens is 404 g/mol. The van der Waals surface area contributed by atoms with E-state index in [2.05, 4.69) is 35.0 Å². The molecule has 1 aromatic carbocycles. The quantitative estimate of drug-likeness (QED) is 0.472. The van der Waals surface area contributed by atoms with E-state index in [-0.39, 0.29) is 11.0 Å². The minimum atomic E-state index is 0.0793. The summed E-state index contributed by atoms with van der Waals surface area (Å²) in [5.74, 6) is 0.922. The number of methoxy groups -OCH3 is 1. The molecule has 0 amide bonds. The number of ether oxygens (including phenoxy) is 2. The molecule has 1 aliphatic carbocycles. The maximum absolute atomic E-state index is 6.38. The summed E-state index contributed by atoms with van der Waals surface area (Å²) in [4.78, 5) is 4.82. The predicted molar refractivity (Wildman–Crippen MR) is 127 cm³/mol. The largest absolute Gasteiger partial charge is 0.497 e. The highest BCUT2D eigenvalue weighted by Gasteiger charge is 2.48. The van der Waals surface area contributed by atoms with Gasteiger partial charge in [0.05, 0.1) is 12.7 Å². The number of nitrogens with zero attached hydrogens (tertiary/aromatic N) is 1. The van der Waals surface area contributed by atoms with Crippen LogP contribution >= 0.6 is 11.3 Å². The van der Waals surface area contributed by atoms with Crippen molar-refractivity contribution in [2.45, 2.75) is 62.5 Å². The van der Waals surface area contributed by atoms with Gasteiger partial charge in [0.15, 0.2) is 0 Å². The van der Waals surface area contributed by atoms with E-state index in [0.717, 1.165) is 44.7 Å². The van der Waals surface area contributed by atoms with Gasteiger partial charge in [0.25, 0.3) is 0 Å². The van der Waals surface area contributed by atoms with E-state index < -0.39 is 0 Å². The molecule has 1 saturated carbocycles. The number of fused-ring (bicyclic) bond motifs is 1. The van der Waals surface area contributed by atoms with E-state index in [1.807, 2.05) is 18.3 Å². The Morgan fingerprint density at radius 2 is 2.06 bits per heavy atom. The molecule has 0 bridgehead atoms.